The normalized spacial score (nSPS) is 10.6. The van der Waals surface area contributed by atoms with Crippen LogP contribution in [0.25, 0.3) is 0 Å². The van der Waals surface area contributed by atoms with Crippen molar-refractivity contribution in [2.24, 2.45) is 7.05 Å². The second-order valence-corrected chi connectivity index (χ2v) is 6.37. The Morgan fingerprint density at radius 2 is 2.04 bits per heavy atom. The van der Waals surface area contributed by atoms with E-state index >= 15 is 0 Å². The highest BCUT2D eigenvalue weighted by Gasteiger charge is 2.16. The van der Waals surface area contributed by atoms with Gasteiger partial charge in [0.05, 0.1) is 6.20 Å². The molecule has 2 heterocycles. The molecule has 1 aromatic carbocycles. The molecule has 3 aromatic rings. The molecular weight excluding hydrogens is 344 g/mol. The van der Waals surface area contributed by atoms with Crippen LogP contribution in [0.4, 0.5) is 5.82 Å². The van der Waals surface area contributed by atoms with E-state index in [-0.39, 0.29) is 17.9 Å². The van der Waals surface area contributed by atoms with Crippen LogP contribution < -0.4 is 10.1 Å². The van der Waals surface area contributed by atoms with Crippen molar-refractivity contribution in [1.29, 1.82) is 5.26 Å². The fraction of sp³-hybridized carbons (Fsp3) is 0.250. The molecule has 0 saturated heterocycles. The van der Waals surface area contributed by atoms with Gasteiger partial charge < -0.3 is 14.5 Å². The summed E-state index contributed by atoms with van der Waals surface area (Å²) in [6, 6.07) is 13.1. The molecular formula is C20H20N4O3. The Morgan fingerprint density at radius 3 is 2.70 bits per heavy atom. The maximum Gasteiger partial charge on any atom is 0.292 e. The number of nitrogens with one attached hydrogen (secondary N) is 1. The number of nitriles is 1. The number of amides is 1. The lowest BCUT2D eigenvalue weighted by atomic mass is 10.0. The molecule has 1 amide bonds. The van der Waals surface area contributed by atoms with Gasteiger partial charge in [-0.15, -0.1) is 0 Å². The van der Waals surface area contributed by atoms with Crippen molar-refractivity contribution in [2.75, 3.05) is 5.32 Å². The van der Waals surface area contributed by atoms with Crippen molar-refractivity contribution in [3.63, 3.8) is 0 Å². The quantitative estimate of drug-likeness (QED) is 0.717. The van der Waals surface area contributed by atoms with Gasteiger partial charge in [-0.2, -0.15) is 10.4 Å². The van der Waals surface area contributed by atoms with E-state index in [4.69, 9.17) is 14.4 Å². The topological polar surface area (TPSA) is 93.1 Å². The first kappa shape index (κ1) is 18.3. The zero-order chi connectivity index (χ0) is 19.4. The number of aryl methyl sites for hydroxylation is 1. The summed E-state index contributed by atoms with van der Waals surface area (Å²) in [5, 5.41) is 15.6. The number of nitrogens with zero attached hydrogens (tertiary/aromatic N) is 3. The highest BCUT2D eigenvalue weighted by Crippen LogP contribution is 2.20. The lowest BCUT2D eigenvalue weighted by Gasteiger charge is -2.08. The van der Waals surface area contributed by atoms with Crippen molar-refractivity contribution in [3.8, 4) is 11.8 Å². The van der Waals surface area contributed by atoms with Crippen molar-refractivity contribution >= 4 is 11.7 Å². The molecule has 0 fully saturated rings. The molecule has 0 aliphatic rings. The summed E-state index contributed by atoms with van der Waals surface area (Å²) in [5.41, 5.74) is 1.53. The fourth-order valence-electron chi connectivity index (χ4n) is 2.52. The van der Waals surface area contributed by atoms with Crippen LogP contribution in [-0.4, -0.2) is 15.7 Å². The molecule has 7 heteroatoms. The molecule has 0 aliphatic heterocycles. The summed E-state index contributed by atoms with van der Waals surface area (Å²) < 4.78 is 12.7. The Bertz CT molecular complexity index is 978. The number of ether oxygens (including phenoxy) is 1. The minimum absolute atomic E-state index is 0.133. The van der Waals surface area contributed by atoms with Gasteiger partial charge in [0, 0.05) is 7.05 Å². The number of hydrogen-bond acceptors (Lipinski definition) is 5. The molecule has 0 bridgehead atoms. The standard InChI is InChI=1S/C20H20N4O3/c1-13(2)14-4-6-16(7-5-14)26-12-17-8-9-18(27-17)20(25)23-19-15(10-21)11-22-24(19)3/h4-9,11,13H,12H2,1-3H3,(H,23,25). The molecule has 138 valence electrons. The van der Waals surface area contributed by atoms with Gasteiger partial charge in [0.1, 0.15) is 35.6 Å². The highest BCUT2D eigenvalue weighted by atomic mass is 16.5. The number of hydrogen-bond donors (Lipinski definition) is 1. The highest BCUT2D eigenvalue weighted by molar-refractivity contribution is 6.02. The van der Waals surface area contributed by atoms with E-state index in [1.807, 2.05) is 30.3 Å². The average molecular weight is 364 g/mol. The predicted molar refractivity (Wildman–Crippen MR) is 99.4 cm³/mol. The summed E-state index contributed by atoms with van der Waals surface area (Å²) >= 11 is 0. The van der Waals surface area contributed by atoms with Gasteiger partial charge in [-0.1, -0.05) is 26.0 Å². The van der Waals surface area contributed by atoms with Crippen LogP contribution in [0.5, 0.6) is 5.75 Å². The Kier molecular flexibility index (Phi) is 5.27. The van der Waals surface area contributed by atoms with Crippen molar-refractivity contribution in [3.05, 3.63) is 65.2 Å². The Hall–Kier alpha value is -3.53. The number of carbonyl (C=O) groups is 1. The second kappa shape index (κ2) is 7.79. The third-order valence-electron chi connectivity index (χ3n) is 4.10. The molecule has 0 atom stereocenters. The monoisotopic (exact) mass is 364 g/mol. The molecule has 27 heavy (non-hydrogen) atoms. The second-order valence-electron chi connectivity index (χ2n) is 6.37. The van der Waals surface area contributed by atoms with Gasteiger partial charge in [-0.25, -0.2) is 0 Å². The van der Waals surface area contributed by atoms with E-state index in [1.54, 1.807) is 19.2 Å². The summed E-state index contributed by atoms with van der Waals surface area (Å²) in [7, 11) is 1.64. The largest absolute Gasteiger partial charge is 0.486 e. The first-order valence-corrected chi connectivity index (χ1v) is 8.53. The molecule has 0 saturated carbocycles. The summed E-state index contributed by atoms with van der Waals surface area (Å²) in [5.74, 6) is 1.72. The number of carbonyl (C=O) groups excluding carboxylic acids is 1. The zero-order valence-corrected chi connectivity index (χ0v) is 15.4. The number of benzene rings is 1. The number of furan rings is 1. The van der Waals surface area contributed by atoms with Crippen LogP contribution in [0.3, 0.4) is 0 Å². The molecule has 0 aliphatic carbocycles. The van der Waals surface area contributed by atoms with E-state index in [9.17, 15) is 4.79 Å². The van der Waals surface area contributed by atoms with Gasteiger partial charge in [-0.3, -0.25) is 9.48 Å². The van der Waals surface area contributed by atoms with Crippen molar-refractivity contribution in [1.82, 2.24) is 9.78 Å². The summed E-state index contributed by atoms with van der Waals surface area (Å²) in [6.07, 6.45) is 1.39. The predicted octanol–water partition coefficient (Wildman–Crippen LogP) is 3.84. The van der Waals surface area contributed by atoms with E-state index in [0.29, 0.717) is 17.5 Å². The minimum Gasteiger partial charge on any atom is -0.486 e. The first-order chi connectivity index (χ1) is 13.0. The van der Waals surface area contributed by atoms with Gasteiger partial charge in [0.2, 0.25) is 0 Å². The molecule has 2 aromatic heterocycles. The van der Waals surface area contributed by atoms with E-state index in [2.05, 4.69) is 24.3 Å². The van der Waals surface area contributed by atoms with Crippen LogP contribution in [-0.2, 0) is 13.7 Å². The van der Waals surface area contributed by atoms with Gasteiger partial charge in [-0.05, 0) is 35.7 Å². The first-order valence-electron chi connectivity index (χ1n) is 8.53. The number of anilines is 1. The molecule has 0 radical (unpaired) electrons. The number of aromatic nitrogens is 2. The van der Waals surface area contributed by atoms with Gasteiger partial charge >= 0.3 is 0 Å². The number of rotatable bonds is 6. The third kappa shape index (κ3) is 4.18. The third-order valence-corrected chi connectivity index (χ3v) is 4.10. The van der Waals surface area contributed by atoms with Crippen molar-refractivity contribution in [2.45, 2.75) is 26.4 Å². The summed E-state index contributed by atoms with van der Waals surface area (Å²) in [4.78, 5) is 12.3. The maximum atomic E-state index is 12.3. The fourth-order valence-corrected chi connectivity index (χ4v) is 2.52. The van der Waals surface area contributed by atoms with Gasteiger partial charge in [0.15, 0.2) is 5.76 Å². The Labute approximate surface area is 157 Å². The molecule has 1 N–H and O–H groups in total. The van der Waals surface area contributed by atoms with Crippen LogP contribution in [0, 0.1) is 11.3 Å². The maximum absolute atomic E-state index is 12.3. The SMILES string of the molecule is CC(C)c1ccc(OCc2ccc(C(=O)Nc3c(C#N)cnn3C)o2)cc1. The van der Waals surface area contributed by atoms with Crippen LogP contribution in [0.2, 0.25) is 0 Å². The van der Waals surface area contributed by atoms with E-state index in [0.717, 1.165) is 5.75 Å². The molecule has 0 unspecified atom stereocenters. The van der Waals surface area contributed by atoms with Gasteiger partial charge in [0.25, 0.3) is 5.91 Å². The van der Waals surface area contributed by atoms with E-state index < -0.39 is 5.91 Å². The average Bonchev–Trinajstić information content (AvgIpc) is 3.27. The lowest BCUT2D eigenvalue weighted by Crippen LogP contribution is -2.14. The smallest absolute Gasteiger partial charge is 0.292 e. The Balaban J connectivity index is 1.61. The zero-order valence-electron chi connectivity index (χ0n) is 15.4. The summed E-state index contributed by atoms with van der Waals surface area (Å²) in [6.45, 7) is 4.48. The van der Waals surface area contributed by atoms with Crippen molar-refractivity contribution < 1.29 is 13.9 Å². The van der Waals surface area contributed by atoms with Crippen LogP contribution >= 0.6 is 0 Å². The van der Waals surface area contributed by atoms with Crippen LogP contribution in [0.15, 0.2) is 47.0 Å². The Morgan fingerprint density at radius 1 is 1.30 bits per heavy atom. The minimum atomic E-state index is -0.456. The molecule has 7 nitrogen and oxygen atoms in total. The molecule has 3 rings (SSSR count). The van der Waals surface area contributed by atoms with Crippen LogP contribution in [0.1, 0.15) is 47.2 Å². The lowest BCUT2D eigenvalue weighted by molar-refractivity contribution is 0.0991. The van der Waals surface area contributed by atoms with E-state index in [1.165, 1.54) is 16.4 Å². The molecule has 0 spiro atoms.